The molecular weight excluding hydrogens is 158 g/mol. The first-order valence-electron chi connectivity index (χ1n) is 4.60. The predicted molar refractivity (Wildman–Crippen MR) is 54.3 cm³/mol. The van der Waals surface area contributed by atoms with Gasteiger partial charge in [0.25, 0.3) is 0 Å². The molecular formula is C12H13N. The maximum absolute atomic E-state index is 3.42. The Morgan fingerprint density at radius 3 is 3.15 bits per heavy atom. The van der Waals surface area contributed by atoms with Crippen LogP contribution in [0.1, 0.15) is 24.1 Å². The van der Waals surface area contributed by atoms with Crippen molar-refractivity contribution in [3.63, 3.8) is 0 Å². The molecule has 1 N–H and O–H groups in total. The van der Waals surface area contributed by atoms with Crippen molar-refractivity contribution in [1.82, 2.24) is 5.32 Å². The normalized spacial score (nSPS) is 19.0. The van der Waals surface area contributed by atoms with Crippen LogP contribution < -0.4 is 5.32 Å². The van der Waals surface area contributed by atoms with Crippen LogP contribution >= 0.6 is 0 Å². The van der Waals surface area contributed by atoms with E-state index in [2.05, 4.69) is 41.4 Å². The first-order valence-corrected chi connectivity index (χ1v) is 4.60. The van der Waals surface area contributed by atoms with E-state index in [9.17, 15) is 0 Å². The fourth-order valence-electron chi connectivity index (χ4n) is 1.67. The van der Waals surface area contributed by atoms with Crippen molar-refractivity contribution in [2.75, 3.05) is 0 Å². The third-order valence-corrected chi connectivity index (χ3v) is 2.33. The Balaban J connectivity index is 2.33. The highest BCUT2D eigenvalue weighted by molar-refractivity contribution is 5.36. The summed E-state index contributed by atoms with van der Waals surface area (Å²) in [5.41, 5.74) is 5.91. The summed E-state index contributed by atoms with van der Waals surface area (Å²) in [6.45, 7) is 2.96. The zero-order valence-electron chi connectivity index (χ0n) is 7.75. The highest BCUT2D eigenvalue weighted by atomic mass is 14.9. The van der Waals surface area contributed by atoms with E-state index in [-0.39, 0.29) is 0 Å². The maximum Gasteiger partial charge on any atom is 0.0586 e. The molecule has 66 valence electrons. The first-order chi connectivity index (χ1) is 6.42. The molecule has 0 radical (unpaired) electrons. The Hall–Kier alpha value is -1.30. The summed E-state index contributed by atoms with van der Waals surface area (Å²) < 4.78 is 0. The summed E-state index contributed by atoms with van der Waals surface area (Å²) in [6, 6.07) is 8.87. The van der Waals surface area contributed by atoms with Crippen molar-refractivity contribution in [3.8, 4) is 0 Å². The van der Waals surface area contributed by atoms with Gasteiger partial charge in [0.15, 0.2) is 0 Å². The zero-order valence-corrected chi connectivity index (χ0v) is 7.75. The summed E-state index contributed by atoms with van der Waals surface area (Å²) in [6.07, 6.45) is 4.01. The third-order valence-electron chi connectivity index (χ3n) is 2.33. The van der Waals surface area contributed by atoms with E-state index in [1.54, 1.807) is 0 Å². The number of hydrogen-bond acceptors (Lipinski definition) is 1. The van der Waals surface area contributed by atoms with Crippen molar-refractivity contribution in [1.29, 1.82) is 0 Å². The second kappa shape index (κ2) is 3.61. The van der Waals surface area contributed by atoms with Gasteiger partial charge in [0.1, 0.15) is 0 Å². The molecule has 0 saturated carbocycles. The third kappa shape index (κ3) is 1.57. The number of fused-ring (bicyclic) bond motifs is 1. The topological polar surface area (TPSA) is 12.0 Å². The standard InChI is InChI=1S/C12H13N/c1-2-3-8-12-11-7-5-4-6-10(11)9-13-12/h2,4-8,12-13H,9H2,1H3. The van der Waals surface area contributed by atoms with Gasteiger partial charge in [-0.3, -0.25) is 0 Å². The molecule has 13 heavy (non-hydrogen) atoms. The average molecular weight is 171 g/mol. The van der Waals surface area contributed by atoms with Crippen LogP contribution in [0.5, 0.6) is 0 Å². The molecule has 1 aliphatic rings. The molecule has 1 heterocycles. The van der Waals surface area contributed by atoms with Gasteiger partial charge in [0, 0.05) is 6.54 Å². The monoisotopic (exact) mass is 171 g/mol. The minimum absolute atomic E-state index is 0.354. The number of nitrogens with one attached hydrogen (secondary N) is 1. The van der Waals surface area contributed by atoms with Crippen LogP contribution in [0.25, 0.3) is 0 Å². The Morgan fingerprint density at radius 1 is 1.46 bits per heavy atom. The molecule has 0 fully saturated rings. The molecule has 1 aromatic rings. The lowest BCUT2D eigenvalue weighted by atomic mass is 10.1. The van der Waals surface area contributed by atoms with E-state index < -0.39 is 0 Å². The fraction of sp³-hybridized carbons (Fsp3) is 0.250. The van der Waals surface area contributed by atoms with Gasteiger partial charge >= 0.3 is 0 Å². The van der Waals surface area contributed by atoms with Gasteiger partial charge in [-0.1, -0.05) is 24.3 Å². The Morgan fingerprint density at radius 2 is 2.31 bits per heavy atom. The summed E-state index contributed by atoms with van der Waals surface area (Å²) in [5.74, 6) is 0. The molecule has 0 saturated heterocycles. The van der Waals surface area contributed by atoms with Gasteiger partial charge in [0.2, 0.25) is 0 Å². The highest BCUT2D eigenvalue weighted by Gasteiger charge is 2.17. The molecule has 1 atom stereocenters. The lowest BCUT2D eigenvalue weighted by Crippen LogP contribution is -2.08. The molecule has 0 bridgehead atoms. The van der Waals surface area contributed by atoms with E-state index in [1.165, 1.54) is 11.1 Å². The van der Waals surface area contributed by atoms with E-state index in [4.69, 9.17) is 0 Å². The molecule has 2 rings (SSSR count). The molecule has 0 aromatic heterocycles. The van der Waals surface area contributed by atoms with Crippen LogP contribution in [0, 0.1) is 0 Å². The predicted octanol–water partition coefficient (Wildman–Crippen LogP) is 2.56. The quantitative estimate of drug-likeness (QED) is 0.640. The largest absolute Gasteiger partial charge is 0.302 e. The minimum atomic E-state index is 0.354. The van der Waals surface area contributed by atoms with E-state index in [0.717, 1.165) is 6.54 Å². The zero-order chi connectivity index (χ0) is 9.10. The molecule has 0 amide bonds. The number of rotatable bonds is 1. The van der Waals surface area contributed by atoms with Crippen molar-refractivity contribution in [3.05, 3.63) is 53.3 Å². The molecule has 1 aliphatic heterocycles. The van der Waals surface area contributed by atoms with Gasteiger partial charge in [-0.05, 0) is 30.2 Å². The van der Waals surface area contributed by atoms with Crippen LogP contribution in [-0.2, 0) is 6.54 Å². The van der Waals surface area contributed by atoms with Gasteiger partial charge in [0.05, 0.1) is 6.04 Å². The van der Waals surface area contributed by atoms with Crippen LogP contribution in [-0.4, -0.2) is 0 Å². The molecule has 1 unspecified atom stereocenters. The molecule has 1 aromatic carbocycles. The second-order valence-corrected chi connectivity index (χ2v) is 3.18. The summed E-state index contributed by atoms with van der Waals surface area (Å²) in [7, 11) is 0. The second-order valence-electron chi connectivity index (χ2n) is 3.18. The fourth-order valence-corrected chi connectivity index (χ4v) is 1.67. The van der Waals surface area contributed by atoms with Crippen molar-refractivity contribution < 1.29 is 0 Å². The van der Waals surface area contributed by atoms with Crippen LogP contribution in [0.15, 0.2) is 42.1 Å². The van der Waals surface area contributed by atoms with Crippen molar-refractivity contribution >= 4 is 0 Å². The van der Waals surface area contributed by atoms with Crippen LogP contribution in [0.4, 0.5) is 0 Å². The lowest BCUT2D eigenvalue weighted by molar-refractivity contribution is 0.686. The molecule has 1 nitrogen and oxygen atoms in total. The Labute approximate surface area is 78.8 Å². The minimum Gasteiger partial charge on any atom is -0.302 e. The average Bonchev–Trinajstić information content (AvgIpc) is 2.58. The van der Waals surface area contributed by atoms with Gasteiger partial charge in [-0.2, -0.15) is 0 Å². The summed E-state index contributed by atoms with van der Waals surface area (Å²) >= 11 is 0. The Kier molecular flexibility index (Phi) is 2.31. The molecule has 0 spiro atoms. The van der Waals surface area contributed by atoms with Crippen molar-refractivity contribution in [2.24, 2.45) is 0 Å². The van der Waals surface area contributed by atoms with Crippen LogP contribution in [0.3, 0.4) is 0 Å². The number of hydrogen-bond donors (Lipinski definition) is 1. The molecule has 1 heteroatoms. The summed E-state index contributed by atoms with van der Waals surface area (Å²) in [5, 5.41) is 3.42. The maximum atomic E-state index is 3.42. The van der Waals surface area contributed by atoms with E-state index in [0.29, 0.717) is 6.04 Å². The molecule has 0 aliphatic carbocycles. The first kappa shape index (κ1) is 8.31. The number of benzene rings is 1. The SMILES string of the molecule is CC=C=CC1NCc2ccccc21. The highest BCUT2D eigenvalue weighted by Crippen LogP contribution is 2.25. The van der Waals surface area contributed by atoms with Gasteiger partial charge in [-0.15, -0.1) is 5.73 Å². The Bertz CT molecular complexity index is 359. The van der Waals surface area contributed by atoms with E-state index in [1.807, 2.05) is 13.0 Å². The van der Waals surface area contributed by atoms with Crippen LogP contribution in [0.2, 0.25) is 0 Å². The smallest absolute Gasteiger partial charge is 0.0586 e. The van der Waals surface area contributed by atoms with Gasteiger partial charge in [-0.25, -0.2) is 0 Å². The van der Waals surface area contributed by atoms with Crippen molar-refractivity contribution in [2.45, 2.75) is 19.5 Å². The summed E-state index contributed by atoms with van der Waals surface area (Å²) in [4.78, 5) is 0. The lowest BCUT2D eigenvalue weighted by Gasteiger charge is -2.03. The van der Waals surface area contributed by atoms with E-state index >= 15 is 0 Å². The van der Waals surface area contributed by atoms with Gasteiger partial charge < -0.3 is 5.32 Å².